The number of hydrogen-bond acceptors (Lipinski definition) is 3. The van der Waals surface area contributed by atoms with E-state index in [0.717, 1.165) is 12.1 Å². The minimum absolute atomic E-state index is 0.00814. The zero-order valence-electron chi connectivity index (χ0n) is 11.9. The smallest absolute Gasteiger partial charge is 0.308 e. The van der Waals surface area contributed by atoms with E-state index in [1.54, 1.807) is 6.92 Å². The van der Waals surface area contributed by atoms with Crippen LogP contribution in [-0.4, -0.2) is 31.9 Å². The standard InChI is InChI=1S/C14H16F3NO3S/c1-2-13(19)18(12-7-8-22(20,21)9-12)11-5-3-10(4-6-11)14(15,16)17/h3-6,12H,2,7-9H2,1H3. The largest absolute Gasteiger partial charge is 0.416 e. The molecule has 1 saturated heterocycles. The van der Waals surface area contributed by atoms with Gasteiger partial charge < -0.3 is 4.90 Å². The van der Waals surface area contributed by atoms with Gasteiger partial charge in [0.05, 0.1) is 23.1 Å². The van der Waals surface area contributed by atoms with Gasteiger partial charge in [0.25, 0.3) is 0 Å². The Labute approximate surface area is 126 Å². The molecular formula is C14H16F3NO3S. The van der Waals surface area contributed by atoms with E-state index in [4.69, 9.17) is 0 Å². The number of benzene rings is 1. The molecule has 0 aliphatic carbocycles. The van der Waals surface area contributed by atoms with Crippen molar-refractivity contribution < 1.29 is 26.4 Å². The Morgan fingerprint density at radius 2 is 1.86 bits per heavy atom. The lowest BCUT2D eigenvalue weighted by atomic mass is 10.1. The summed E-state index contributed by atoms with van der Waals surface area (Å²) in [6.07, 6.45) is -4.00. The first-order valence-corrected chi connectivity index (χ1v) is 8.66. The topological polar surface area (TPSA) is 54.5 Å². The summed E-state index contributed by atoms with van der Waals surface area (Å²) in [5, 5.41) is 0. The van der Waals surface area contributed by atoms with Gasteiger partial charge in [-0.3, -0.25) is 4.79 Å². The van der Waals surface area contributed by atoms with E-state index < -0.39 is 27.6 Å². The molecule has 0 N–H and O–H groups in total. The van der Waals surface area contributed by atoms with Crippen molar-refractivity contribution in [3.8, 4) is 0 Å². The van der Waals surface area contributed by atoms with Gasteiger partial charge in [0.15, 0.2) is 9.84 Å². The molecule has 1 aliphatic heterocycles. The van der Waals surface area contributed by atoms with Crippen LogP contribution in [0.25, 0.3) is 0 Å². The minimum Gasteiger partial charge on any atom is -0.308 e. The summed E-state index contributed by atoms with van der Waals surface area (Å²) in [4.78, 5) is 13.4. The molecule has 0 bridgehead atoms. The number of alkyl halides is 3. The van der Waals surface area contributed by atoms with Crippen molar-refractivity contribution in [1.82, 2.24) is 0 Å². The highest BCUT2D eigenvalue weighted by molar-refractivity contribution is 7.91. The molecule has 1 aromatic carbocycles. The first kappa shape index (κ1) is 16.8. The second kappa shape index (κ2) is 5.91. The molecule has 1 amide bonds. The van der Waals surface area contributed by atoms with Gasteiger partial charge in [0.1, 0.15) is 0 Å². The molecule has 1 heterocycles. The van der Waals surface area contributed by atoms with Crippen LogP contribution in [0, 0.1) is 0 Å². The fourth-order valence-electron chi connectivity index (χ4n) is 2.52. The third-order valence-electron chi connectivity index (χ3n) is 3.62. The summed E-state index contributed by atoms with van der Waals surface area (Å²) in [7, 11) is -3.20. The van der Waals surface area contributed by atoms with E-state index in [9.17, 15) is 26.4 Å². The summed E-state index contributed by atoms with van der Waals surface area (Å²) >= 11 is 0. The third kappa shape index (κ3) is 3.60. The van der Waals surface area contributed by atoms with E-state index in [1.165, 1.54) is 17.0 Å². The van der Waals surface area contributed by atoms with Gasteiger partial charge in [0.2, 0.25) is 5.91 Å². The second-order valence-corrected chi connectivity index (χ2v) is 7.45. The van der Waals surface area contributed by atoms with Crippen molar-refractivity contribution in [1.29, 1.82) is 0 Å². The molecule has 8 heteroatoms. The molecule has 22 heavy (non-hydrogen) atoms. The molecular weight excluding hydrogens is 319 g/mol. The van der Waals surface area contributed by atoms with Crippen LogP contribution >= 0.6 is 0 Å². The predicted molar refractivity (Wildman–Crippen MR) is 76.3 cm³/mol. The van der Waals surface area contributed by atoms with Crippen LogP contribution in [0.15, 0.2) is 24.3 Å². The zero-order valence-corrected chi connectivity index (χ0v) is 12.7. The number of rotatable bonds is 3. The molecule has 1 fully saturated rings. The average Bonchev–Trinajstić information content (AvgIpc) is 2.78. The highest BCUT2D eigenvalue weighted by Gasteiger charge is 2.36. The molecule has 0 spiro atoms. The Bertz CT molecular complexity index is 653. The molecule has 0 saturated carbocycles. The van der Waals surface area contributed by atoms with Gasteiger partial charge in [-0.2, -0.15) is 13.2 Å². The SMILES string of the molecule is CCC(=O)N(c1ccc(C(F)(F)F)cc1)C1CCS(=O)(=O)C1. The van der Waals surface area contributed by atoms with Crippen molar-refractivity contribution >= 4 is 21.4 Å². The summed E-state index contributed by atoms with van der Waals surface area (Å²) in [5.74, 6) is -0.465. The fourth-order valence-corrected chi connectivity index (χ4v) is 4.22. The molecule has 0 aromatic heterocycles. The Balaban J connectivity index is 2.32. The van der Waals surface area contributed by atoms with Crippen molar-refractivity contribution in [3.63, 3.8) is 0 Å². The van der Waals surface area contributed by atoms with Gasteiger partial charge in [-0.15, -0.1) is 0 Å². The van der Waals surface area contributed by atoms with Crippen molar-refractivity contribution in [2.75, 3.05) is 16.4 Å². The number of carbonyl (C=O) groups excluding carboxylic acids is 1. The third-order valence-corrected chi connectivity index (χ3v) is 5.37. The van der Waals surface area contributed by atoms with Crippen LogP contribution in [0.3, 0.4) is 0 Å². The molecule has 1 atom stereocenters. The number of hydrogen-bond donors (Lipinski definition) is 0. The van der Waals surface area contributed by atoms with Crippen LogP contribution < -0.4 is 4.90 Å². The second-order valence-electron chi connectivity index (χ2n) is 5.22. The van der Waals surface area contributed by atoms with Crippen LogP contribution in [0.5, 0.6) is 0 Å². The first-order valence-electron chi connectivity index (χ1n) is 6.84. The maximum absolute atomic E-state index is 12.6. The van der Waals surface area contributed by atoms with E-state index >= 15 is 0 Å². The Morgan fingerprint density at radius 1 is 1.27 bits per heavy atom. The number of carbonyl (C=O) groups is 1. The lowest BCUT2D eigenvalue weighted by molar-refractivity contribution is -0.137. The van der Waals surface area contributed by atoms with Gasteiger partial charge in [-0.25, -0.2) is 8.42 Å². The number of halogens is 3. The molecule has 122 valence electrons. The molecule has 1 aliphatic rings. The first-order chi connectivity index (χ1) is 10.1. The van der Waals surface area contributed by atoms with Crippen LogP contribution in [0.2, 0.25) is 0 Å². The van der Waals surface area contributed by atoms with E-state index in [1.807, 2.05) is 0 Å². The number of anilines is 1. The molecule has 0 radical (unpaired) electrons. The lowest BCUT2D eigenvalue weighted by Crippen LogP contribution is -2.41. The summed E-state index contributed by atoms with van der Waals surface area (Å²) in [6.45, 7) is 1.63. The highest BCUT2D eigenvalue weighted by atomic mass is 32.2. The summed E-state index contributed by atoms with van der Waals surface area (Å²) < 4.78 is 60.9. The van der Waals surface area contributed by atoms with Crippen molar-refractivity contribution in [2.45, 2.75) is 32.0 Å². The quantitative estimate of drug-likeness (QED) is 0.853. The maximum atomic E-state index is 12.6. The Hall–Kier alpha value is -1.57. The molecule has 1 aromatic rings. The summed E-state index contributed by atoms with van der Waals surface area (Å²) in [5.41, 5.74) is -0.513. The van der Waals surface area contributed by atoms with Crippen molar-refractivity contribution in [2.24, 2.45) is 0 Å². The monoisotopic (exact) mass is 335 g/mol. The Kier molecular flexibility index (Phi) is 4.51. The van der Waals surface area contributed by atoms with E-state index in [0.29, 0.717) is 12.1 Å². The minimum atomic E-state index is -4.45. The van der Waals surface area contributed by atoms with Gasteiger partial charge >= 0.3 is 6.18 Å². The van der Waals surface area contributed by atoms with Crippen LogP contribution in [0.4, 0.5) is 18.9 Å². The molecule has 4 nitrogen and oxygen atoms in total. The molecule has 2 rings (SSSR count). The number of amides is 1. The predicted octanol–water partition coefficient (Wildman–Crippen LogP) is 2.64. The maximum Gasteiger partial charge on any atom is 0.416 e. The van der Waals surface area contributed by atoms with Crippen LogP contribution in [-0.2, 0) is 20.8 Å². The van der Waals surface area contributed by atoms with Gasteiger partial charge in [-0.1, -0.05) is 6.92 Å². The highest BCUT2D eigenvalue weighted by Crippen LogP contribution is 2.32. The van der Waals surface area contributed by atoms with Gasteiger partial charge in [0, 0.05) is 12.1 Å². The van der Waals surface area contributed by atoms with E-state index in [-0.39, 0.29) is 23.8 Å². The van der Waals surface area contributed by atoms with Gasteiger partial charge in [-0.05, 0) is 30.7 Å². The number of nitrogens with zero attached hydrogens (tertiary/aromatic N) is 1. The van der Waals surface area contributed by atoms with Crippen molar-refractivity contribution in [3.05, 3.63) is 29.8 Å². The molecule has 1 unspecified atom stereocenters. The lowest BCUT2D eigenvalue weighted by Gasteiger charge is -2.28. The van der Waals surface area contributed by atoms with Crippen LogP contribution in [0.1, 0.15) is 25.3 Å². The average molecular weight is 335 g/mol. The zero-order chi connectivity index (χ0) is 16.5. The Morgan fingerprint density at radius 3 is 2.27 bits per heavy atom. The normalized spacial score (nSPS) is 20.8. The fraction of sp³-hybridized carbons (Fsp3) is 0.500. The summed E-state index contributed by atoms with van der Waals surface area (Å²) in [6, 6.07) is 3.70. The van der Waals surface area contributed by atoms with E-state index in [2.05, 4.69) is 0 Å². The number of sulfone groups is 1.